The van der Waals surface area contributed by atoms with Gasteiger partial charge in [0, 0.05) is 0 Å². The molecule has 0 radical (unpaired) electrons. The maximum atomic E-state index is 9.84. The molecule has 0 fully saturated rings. The summed E-state index contributed by atoms with van der Waals surface area (Å²) in [7, 11) is 0. The second-order valence-electron chi connectivity index (χ2n) is 0.879. The number of ketones is 1. The van der Waals surface area contributed by atoms with Gasteiger partial charge in [0.15, 0.2) is 0 Å². The van der Waals surface area contributed by atoms with Crippen molar-refractivity contribution < 1.29 is 29.5 Å². The molecule has 0 rings (SSSR count). The van der Waals surface area contributed by atoms with E-state index in [1.807, 2.05) is 0 Å². The minimum absolute atomic E-state index is 0. The Kier molecular flexibility index (Phi) is 11.5. The molecule has 0 aromatic heterocycles. The van der Waals surface area contributed by atoms with Crippen LogP contribution in [0.1, 0.15) is 6.92 Å². The van der Waals surface area contributed by atoms with Crippen LogP contribution < -0.4 is 0 Å². The number of Topliss-reactive ketones (excluding diaryl/α,β-unsaturated/α-hetero) is 1. The number of carbonyl (C=O) groups excluding carboxylic acids is 1. The Morgan fingerprint density at radius 2 is 2.00 bits per heavy atom. The molecule has 0 amide bonds. The van der Waals surface area contributed by atoms with Gasteiger partial charge in [-0.2, -0.15) is 0 Å². The first-order chi connectivity index (χ1) is 2.27. The topological polar surface area (TPSA) is 17.1 Å². The van der Waals surface area contributed by atoms with Gasteiger partial charge in [-0.15, -0.1) is 0 Å². The second kappa shape index (κ2) is 6.55. The Morgan fingerprint density at radius 3 is 2.00 bits per heavy atom. The van der Waals surface area contributed by atoms with Gasteiger partial charge in [-0.05, 0) is 0 Å². The van der Waals surface area contributed by atoms with Gasteiger partial charge in [0.25, 0.3) is 0 Å². The summed E-state index contributed by atoms with van der Waals surface area (Å²) >= 11 is 1.31. The molecule has 0 aromatic rings. The van der Waals surface area contributed by atoms with E-state index in [0.717, 1.165) is 4.13 Å². The van der Waals surface area contributed by atoms with Gasteiger partial charge in [0.05, 0.1) is 0 Å². The quantitative estimate of drug-likeness (QED) is 0.505. The molecule has 0 atom stereocenters. The molecule has 6 heavy (non-hydrogen) atoms. The summed E-state index contributed by atoms with van der Waals surface area (Å²) in [5.74, 6) is 0.295. The Hall–Kier alpha value is 1.55. The van der Waals surface area contributed by atoms with Crippen molar-refractivity contribution >= 4 is 35.3 Å². The van der Waals surface area contributed by atoms with E-state index in [-0.39, 0.29) is 29.6 Å². The van der Waals surface area contributed by atoms with Crippen LogP contribution >= 0.6 is 0 Å². The fraction of sp³-hybridized carbons (Fsp3) is 0.667. The molecular formula is C3H6NaOZr. The molecular weight excluding hydrogens is 166 g/mol. The third kappa shape index (κ3) is 9.12. The van der Waals surface area contributed by atoms with Crippen LogP contribution in [0.2, 0.25) is 4.13 Å². The second-order valence-corrected chi connectivity index (χ2v) is 1.75. The number of hydrogen-bond donors (Lipinski definition) is 0. The molecule has 0 saturated heterocycles. The van der Waals surface area contributed by atoms with E-state index in [9.17, 15) is 4.79 Å². The van der Waals surface area contributed by atoms with E-state index in [2.05, 4.69) is 0 Å². The van der Waals surface area contributed by atoms with Crippen molar-refractivity contribution in [1.29, 1.82) is 0 Å². The van der Waals surface area contributed by atoms with Gasteiger partial charge < -0.3 is 0 Å². The summed E-state index contributed by atoms with van der Waals surface area (Å²) in [5, 5.41) is 0. The Bertz CT molecular complexity index is 46.1. The van der Waals surface area contributed by atoms with Crippen LogP contribution in [0.25, 0.3) is 0 Å². The normalized spacial score (nSPS) is 6.00. The van der Waals surface area contributed by atoms with Gasteiger partial charge in [0.2, 0.25) is 0 Å². The SMILES string of the molecule is CC(=O)[CH2][Zr].[NaH]. The molecule has 0 N–H and O–H groups in total. The van der Waals surface area contributed by atoms with Gasteiger partial charge in [0.1, 0.15) is 0 Å². The summed E-state index contributed by atoms with van der Waals surface area (Å²) in [6, 6.07) is 0. The molecule has 0 bridgehead atoms. The van der Waals surface area contributed by atoms with Crippen molar-refractivity contribution in [3.05, 3.63) is 0 Å². The van der Waals surface area contributed by atoms with Crippen LogP contribution in [0, 0.1) is 0 Å². The van der Waals surface area contributed by atoms with Crippen molar-refractivity contribution in [2.75, 3.05) is 0 Å². The van der Waals surface area contributed by atoms with Gasteiger partial charge in [-0.3, -0.25) is 0 Å². The molecule has 0 heterocycles. The predicted octanol–water partition coefficient (Wildman–Crippen LogP) is -0.108. The van der Waals surface area contributed by atoms with Crippen LogP contribution in [0.5, 0.6) is 0 Å². The van der Waals surface area contributed by atoms with Crippen molar-refractivity contribution in [2.24, 2.45) is 0 Å². The van der Waals surface area contributed by atoms with Gasteiger partial charge >= 0.3 is 75.9 Å². The average Bonchev–Trinajstić information content (AvgIpc) is 1.38. The van der Waals surface area contributed by atoms with E-state index in [1.165, 1.54) is 24.7 Å². The van der Waals surface area contributed by atoms with E-state index >= 15 is 0 Å². The van der Waals surface area contributed by atoms with Gasteiger partial charge in [-0.1, -0.05) is 0 Å². The van der Waals surface area contributed by atoms with Crippen molar-refractivity contribution in [3.63, 3.8) is 0 Å². The average molecular weight is 172 g/mol. The zero-order valence-electron chi connectivity index (χ0n) is 3.12. The first kappa shape index (κ1) is 10.5. The van der Waals surface area contributed by atoms with Crippen LogP contribution in [-0.2, 0) is 29.5 Å². The van der Waals surface area contributed by atoms with Crippen molar-refractivity contribution in [1.82, 2.24) is 0 Å². The predicted molar refractivity (Wildman–Crippen MR) is 22.6 cm³/mol. The summed E-state index contributed by atoms with van der Waals surface area (Å²) in [6.45, 7) is 1.61. The standard InChI is InChI=1S/C3H5O.Na.Zr.H/c1-3(2)4;;;/h1H2,2H3;;;. The molecule has 3 heteroatoms. The number of carbonyl (C=O) groups is 1. The Balaban J connectivity index is 0. The first-order valence-corrected chi connectivity index (χ1v) is 3.15. The summed E-state index contributed by atoms with van der Waals surface area (Å²) in [4.78, 5) is 9.84. The van der Waals surface area contributed by atoms with Crippen LogP contribution in [0.4, 0.5) is 0 Å². The van der Waals surface area contributed by atoms with E-state index in [4.69, 9.17) is 0 Å². The molecule has 0 saturated carbocycles. The molecule has 0 aromatic carbocycles. The van der Waals surface area contributed by atoms with Gasteiger partial charge in [-0.25, -0.2) is 0 Å². The molecule has 0 aliphatic carbocycles. The summed E-state index contributed by atoms with van der Waals surface area (Å²) < 4.78 is 0.757. The molecule has 29 valence electrons. The Morgan fingerprint density at radius 1 is 1.83 bits per heavy atom. The van der Waals surface area contributed by atoms with Crippen molar-refractivity contribution in [3.8, 4) is 0 Å². The summed E-state index contributed by atoms with van der Waals surface area (Å²) in [5.41, 5.74) is 0. The molecule has 0 aliphatic rings. The molecule has 0 unspecified atom stereocenters. The number of hydrogen-bond acceptors (Lipinski definition) is 1. The zero-order chi connectivity index (χ0) is 4.28. The van der Waals surface area contributed by atoms with E-state index < -0.39 is 0 Å². The van der Waals surface area contributed by atoms with Crippen molar-refractivity contribution in [2.45, 2.75) is 11.1 Å². The third-order valence-corrected chi connectivity index (χ3v) is 1.47. The minimum atomic E-state index is 0. The Labute approximate surface area is 75.0 Å². The monoisotopic (exact) mass is 171 g/mol. The first-order valence-electron chi connectivity index (χ1n) is 1.41. The summed E-state index contributed by atoms with van der Waals surface area (Å²) in [6.07, 6.45) is 0. The van der Waals surface area contributed by atoms with E-state index in [0.29, 0.717) is 5.78 Å². The maximum absolute atomic E-state index is 9.84. The molecule has 1 nitrogen and oxygen atoms in total. The molecule has 0 spiro atoms. The fourth-order valence-corrected chi connectivity index (χ4v) is 0. The van der Waals surface area contributed by atoms with Crippen LogP contribution in [0.15, 0.2) is 0 Å². The number of rotatable bonds is 1. The van der Waals surface area contributed by atoms with Crippen LogP contribution in [0.3, 0.4) is 0 Å². The third-order valence-electron chi connectivity index (χ3n) is 0.249. The van der Waals surface area contributed by atoms with Crippen LogP contribution in [-0.4, -0.2) is 35.3 Å². The zero-order valence-corrected chi connectivity index (χ0v) is 5.57. The van der Waals surface area contributed by atoms with E-state index in [1.54, 1.807) is 6.92 Å². The fourth-order valence-electron chi connectivity index (χ4n) is 0. The molecule has 0 aliphatic heterocycles.